The van der Waals surface area contributed by atoms with Crippen molar-refractivity contribution in [1.82, 2.24) is 0 Å². The van der Waals surface area contributed by atoms with Crippen molar-refractivity contribution < 1.29 is 4.39 Å². The smallest absolute Gasteiger partial charge is 0.123 e. The van der Waals surface area contributed by atoms with Gasteiger partial charge in [-0.2, -0.15) is 0 Å². The van der Waals surface area contributed by atoms with Crippen LogP contribution in [-0.2, 0) is 0 Å². The fraction of sp³-hybridized carbons (Fsp3) is 0.167. The van der Waals surface area contributed by atoms with Gasteiger partial charge in [-0.05, 0) is 52.0 Å². The summed E-state index contributed by atoms with van der Waals surface area (Å²) >= 11 is 5.03. The zero-order valence-corrected chi connectivity index (χ0v) is 11.1. The molecule has 0 fully saturated rings. The molecule has 1 aromatic carbocycles. The van der Waals surface area contributed by atoms with Crippen molar-refractivity contribution >= 4 is 27.3 Å². The van der Waals surface area contributed by atoms with Crippen LogP contribution in [0.1, 0.15) is 18.5 Å². The first-order chi connectivity index (χ1) is 7.59. The van der Waals surface area contributed by atoms with Gasteiger partial charge in [-0.15, -0.1) is 11.3 Å². The molecule has 16 heavy (non-hydrogen) atoms. The van der Waals surface area contributed by atoms with E-state index in [1.807, 2.05) is 18.4 Å². The SMILES string of the molecule is CC(N)c1ccc(F)cc1-c1sccc1Br. The van der Waals surface area contributed by atoms with Gasteiger partial charge in [0.05, 0.1) is 0 Å². The molecule has 1 atom stereocenters. The monoisotopic (exact) mass is 299 g/mol. The highest BCUT2D eigenvalue weighted by atomic mass is 79.9. The minimum absolute atomic E-state index is 0.107. The number of thiophene rings is 1. The maximum absolute atomic E-state index is 13.3. The highest BCUT2D eigenvalue weighted by Crippen LogP contribution is 2.37. The number of hydrogen-bond acceptors (Lipinski definition) is 2. The van der Waals surface area contributed by atoms with Crippen LogP contribution in [0.2, 0.25) is 0 Å². The highest BCUT2D eigenvalue weighted by Gasteiger charge is 2.13. The van der Waals surface area contributed by atoms with Crippen molar-refractivity contribution in [2.75, 3.05) is 0 Å². The van der Waals surface area contributed by atoms with Gasteiger partial charge >= 0.3 is 0 Å². The summed E-state index contributed by atoms with van der Waals surface area (Å²) in [5.74, 6) is -0.236. The first-order valence-corrected chi connectivity index (χ1v) is 6.55. The van der Waals surface area contributed by atoms with E-state index in [1.165, 1.54) is 12.1 Å². The maximum Gasteiger partial charge on any atom is 0.123 e. The molecular weight excluding hydrogens is 289 g/mol. The summed E-state index contributed by atoms with van der Waals surface area (Å²) < 4.78 is 14.3. The lowest BCUT2D eigenvalue weighted by Crippen LogP contribution is -2.06. The third-order valence-electron chi connectivity index (χ3n) is 2.37. The molecule has 84 valence electrons. The van der Waals surface area contributed by atoms with E-state index in [0.29, 0.717) is 0 Å². The standard InChI is InChI=1S/C12H11BrFNS/c1-7(15)9-3-2-8(14)6-10(9)12-11(13)4-5-16-12/h2-7H,15H2,1H3. The average molecular weight is 300 g/mol. The quantitative estimate of drug-likeness (QED) is 0.877. The summed E-state index contributed by atoms with van der Waals surface area (Å²) in [4.78, 5) is 1.02. The molecule has 2 N–H and O–H groups in total. The Morgan fingerprint density at radius 2 is 2.12 bits per heavy atom. The molecule has 2 aromatic rings. The fourth-order valence-electron chi connectivity index (χ4n) is 1.61. The predicted octanol–water partition coefficient (Wildman–Crippen LogP) is 4.34. The molecule has 0 aliphatic heterocycles. The zero-order valence-electron chi connectivity index (χ0n) is 8.71. The van der Waals surface area contributed by atoms with E-state index in [0.717, 1.165) is 20.5 Å². The van der Waals surface area contributed by atoms with E-state index in [9.17, 15) is 4.39 Å². The van der Waals surface area contributed by atoms with Gasteiger partial charge in [0.2, 0.25) is 0 Å². The van der Waals surface area contributed by atoms with E-state index < -0.39 is 0 Å². The van der Waals surface area contributed by atoms with Crippen LogP contribution in [0.4, 0.5) is 4.39 Å². The molecule has 0 amide bonds. The summed E-state index contributed by atoms with van der Waals surface area (Å²) in [5, 5.41) is 1.97. The topological polar surface area (TPSA) is 26.0 Å². The third kappa shape index (κ3) is 2.19. The molecule has 2 rings (SSSR count). The summed E-state index contributed by atoms with van der Waals surface area (Å²) in [7, 11) is 0. The Morgan fingerprint density at radius 3 is 2.69 bits per heavy atom. The number of rotatable bonds is 2. The number of benzene rings is 1. The van der Waals surface area contributed by atoms with E-state index in [1.54, 1.807) is 17.4 Å². The molecule has 0 bridgehead atoms. The largest absolute Gasteiger partial charge is 0.324 e. The van der Waals surface area contributed by atoms with E-state index in [4.69, 9.17) is 5.73 Å². The van der Waals surface area contributed by atoms with Crippen molar-refractivity contribution in [1.29, 1.82) is 0 Å². The lowest BCUT2D eigenvalue weighted by atomic mass is 10.0. The first-order valence-electron chi connectivity index (χ1n) is 4.88. The van der Waals surface area contributed by atoms with Gasteiger partial charge < -0.3 is 5.73 Å². The van der Waals surface area contributed by atoms with Crippen molar-refractivity contribution in [3.63, 3.8) is 0 Å². The molecule has 0 radical (unpaired) electrons. The fourth-order valence-corrected chi connectivity index (χ4v) is 3.23. The molecule has 4 heteroatoms. The molecule has 1 unspecified atom stereocenters. The lowest BCUT2D eigenvalue weighted by Gasteiger charge is -2.12. The zero-order chi connectivity index (χ0) is 11.7. The average Bonchev–Trinajstić information content (AvgIpc) is 2.63. The van der Waals surface area contributed by atoms with Gasteiger partial charge in [0.25, 0.3) is 0 Å². The Kier molecular flexibility index (Phi) is 3.42. The summed E-state index contributed by atoms with van der Waals surface area (Å²) in [5.41, 5.74) is 7.72. The van der Waals surface area contributed by atoms with Crippen molar-refractivity contribution in [3.8, 4) is 10.4 Å². The van der Waals surface area contributed by atoms with Gasteiger partial charge in [0.15, 0.2) is 0 Å². The molecule has 0 aliphatic rings. The summed E-state index contributed by atoms with van der Waals surface area (Å²) in [6.45, 7) is 1.90. The van der Waals surface area contributed by atoms with Crippen LogP contribution in [0.5, 0.6) is 0 Å². The van der Waals surface area contributed by atoms with Gasteiger partial charge in [-0.3, -0.25) is 0 Å². The van der Waals surface area contributed by atoms with Crippen molar-refractivity contribution in [2.24, 2.45) is 5.73 Å². The Balaban J connectivity index is 2.63. The minimum atomic E-state index is -0.236. The van der Waals surface area contributed by atoms with Crippen LogP contribution in [0.15, 0.2) is 34.1 Å². The Labute approximate surface area is 106 Å². The second-order valence-corrected chi connectivity index (χ2v) is 5.39. The maximum atomic E-state index is 13.3. The van der Waals surface area contributed by atoms with Crippen LogP contribution in [-0.4, -0.2) is 0 Å². The molecule has 0 spiro atoms. The van der Waals surface area contributed by atoms with Crippen LogP contribution in [0.3, 0.4) is 0 Å². The van der Waals surface area contributed by atoms with Crippen LogP contribution < -0.4 is 5.73 Å². The molecule has 0 saturated heterocycles. The predicted molar refractivity (Wildman–Crippen MR) is 70.0 cm³/mol. The second kappa shape index (κ2) is 4.65. The Hall–Kier alpha value is -0.710. The molecule has 1 aromatic heterocycles. The molecule has 0 saturated carbocycles. The van der Waals surface area contributed by atoms with E-state index >= 15 is 0 Å². The number of halogens is 2. The Morgan fingerprint density at radius 1 is 1.38 bits per heavy atom. The molecular formula is C12H11BrFNS. The second-order valence-electron chi connectivity index (χ2n) is 3.62. The normalized spacial score (nSPS) is 12.8. The Bertz CT molecular complexity index is 507. The summed E-state index contributed by atoms with van der Waals surface area (Å²) in [6.07, 6.45) is 0. The van der Waals surface area contributed by atoms with E-state index in [-0.39, 0.29) is 11.9 Å². The van der Waals surface area contributed by atoms with Gasteiger partial charge in [-0.1, -0.05) is 6.07 Å². The van der Waals surface area contributed by atoms with Crippen molar-refractivity contribution in [2.45, 2.75) is 13.0 Å². The van der Waals surface area contributed by atoms with Gasteiger partial charge in [0.1, 0.15) is 5.82 Å². The minimum Gasteiger partial charge on any atom is -0.324 e. The van der Waals surface area contributed by atoms with Crippen molar-refractivity contribution in [3.05, 3.63) is 45.5 Å². The molecule has 0 aliphatic carbocycles. The van der Waals surface area contributed by atoms with Crippen LogP contribution in [0, 0.1) is 5.82 Å². The lowest BCUT2D eigenvalue weighted by molar-refractivity contribution is 0.626. The van der Waals surface area contributed by atoms with Gasteiger partial charge in [0, 0.05) is 21.0 Å². The molecule has 1 nitrogen and oxygen atoms in total. The number of nitrogens with two attached hydrogens (primary N) is 1. The van der Waals surface area contributed by atoms with Crippen LogP contribution in [0.25, 0.3) is 10.4 Å². The number of hydrogen-bond donors (Lipinski definition) is 1. The summed E-state index contributed by atoms with van der Waals surface area (Å²) in [6, 6.07) is 6.58. The first kappa shape index (κ1) is 11.8. The van der Waals surface area contributed by atoms with Crippen LogP contribution >= 0.6 is 27.3 Å². The highest BCUT2D eigenvalue weighted by molar-refractivity contribution is 9.10. The molecule has 1 heterocycles. The van der Waals surface area contributed by atoms with E-state index in [2.05, 4.69) is 15.9 Å². The van der Waals surface area contributed by atoms with Gasteiger partial charge in [-0.25, -0.2) is 4.39 Å². The third-order valence-corrected chi connectivity index (χ3v) is 4.24.